The quantitative estimate of drug-likeness (QED) is 0.272. The molecule has 0 saturated heterocycles. The number of methoxy groups -OCH3 is 1. The first-order chi connectivity index (χ1) is 15.3. The van der Waals surface area contributed by atoms with Gasteiger partial charge in [-0.2, -0.15) is 0 Å². The Bertz CT molecular complexity index is 1130. The smallest absolute Gasteiger partial charge is 0.341 e. The van der Waals surface area contributed by atoms with E-state index in [-0.39, 0.29) is 23.7 Å². The molecular weight excluding hydrogens is 497 g/mol. The fourth-order valence-corrected chi connectivity index (χ4v) is 4.91. The summed E-state index contributed by atoms with van der Waals surface area (Å²) in [5.74, 6) is -0.429. The lowest BCUT2D eigenvalue weighted by Crippen LogP contribution is -2.15. The molecule has 1 N–H and O–H groups in total. The van der Waals surface area contributed by atoms with Crippen LogP contribution in [0.15, 0.2) is 46.9 Å². The van der Waals surface area contributed by atoms with E-state index in [0.717, 1.165) is 20.7 Å². The van der Waals surface area contributed by atoms with Crippen LogP contribution in [0.25, 0.3) is 11.1 Å². The molecule has 1 heterocycles. The van der Waals surface area contributed by atoms with E-state index < -0.39 is 5.97 Å². The molecule has 2 aromatic carbocycles. The van der Waals surface area contributed by atoms with Crippen molar-refractivity contribution in [2.75, 3.05) is 19.0 Å². The zero-order valence-electron chi connectivity index (χ0n) is 18.0. The van der Waals surface area contributed by atoms with Crippen LogP contribution in [0.1, 0.15) is 33.6 Å². The number of ether oxygens (including phenoxy) is 2. The van der Waals surface area contributed by atoms with Gasteiger partial charge >= 0.3 is 5.97 Å². The Hall–Kier alpha value is -2.71. The number of benzene rings is 2. The highest BCUT2D eigenvalue weighted by molar-refractivity contribution is 9.10. The number of carbonyl (C=O) groups is 2. The largest absolute Gasteiger partial charge is 0.492 e. The van der Waals surface area contributed by atoms with Crippen LogP contribution in [0.5, 0.6) is 5.75 Å². The molecular formula is C24H23BrFNO4S. The van der Waals surface area contributed by atoms with Gasteiger partial charge in [-0.1, -0.05) is 18.2 Å². The van der Waals surface area contributed by atoms with Crippen molar-refractivity contribution in [1.82, 2.24) is 0 Å². The Morgan fingerprint density at radius 2 is 1.84 bits per heavy atom. The molecule has 5 nitrogen and oxygen atoms in total. The van der Waals surface area contributed by atoms with Crippen LogP contribution >= 0.6 is 27.3 Å². The van der Waals surface area contributed by atoms with Crippen molar-refractivity contribution in [3.63, 3.8) is 0 Å². The second kappa shape index (κ2) is 10.7. The number of rotatable bonds is 8. The van der Waals surface area contributed by atoms with Crippen molar-refractivity contribution in [3.05, 3.63) is 68.8 Å². The summed E-state index contributed by atoms with van der Waals surface area (Å²) in [6.45, 7) is 4.22. The molecule has 0 radical (unpaired) electrons. The summed E-state index contributed by atoms with van der Waals surface area (Å²) in [4.78, 5) is 25.8. The van der Waals surface area contributed by atoms with Gasteiger partial charge in [-0.15, -0.1) is 11.3 Å². The zero-order valence-corrected chi connectivity index (χ0v) is 20.4. The van der Waals surface area contributed by atoms with Crippen LogP contribution in [-0.4, -0.2) is 25.6 Å². The molecule has 0 bridgehead atoms. The second-order valence-electron chi connectivity index (χ2n) is 7.17. The number of amides is 1. The summed E-state index contributed by atoms with van der Waals surface area (Å²) in [6.07, 6.45) is 0.738. The molecule has 0 aliphatic rings. The molecule has 0 spiro atoms. The molecule has 0 atom stereocenters. The molecule has 168 valence electrons. The Balaban J connectivity index is 1.68. The van der Waals surface area contributed by atoms with E-state index >= 15 is 0 Å². The molecule has 3 aromatic rings. The zero-order chi connectivity index (χ0) is 23.3. The summed E-state index contributed by atoms with van der Waals surface area (Å²) in [7, 11) is 1.29. The highest BCUT2D eigenvalue weighted by Crippen LogP contribution is 2.40. The molecule has 0 saturated carbocycles. The number of hydrogen-bond donors (Lipinski definition) is 1. The number of carbonyl (C=O) groups excluding carboxylic acids is 2. The van der Waals surface area contributed by atoms with Crippen LogP contribution in [0.2, 0.25) is 0 Å². The van der Waals surface area contributed by atoms with Crippen molar-refractivity contribution < 1.29 is 23.5 Å². The summed E-state index contributed by atoms with van der Waals surface area (Å²) in [5, 5.41) is 3.24. The SMILES string of the molecule is COC(=O)c1c(NC(=O)CCCOc2ccc(C)cc2Br)sc(C)c1-c1ccc(F)cc1. The predicted molar refractivity (Wildman–Crippen MR) is 128 cm³/mol. The highest BCUT2D eigenvalue weighted by atomic mass is 79.9. The molecule has 1 aromatic heterocycles. The number of hydrogen-bond acceptors (Lipinski definition) is 5. The summed E-state index contributed by atoms with van der Waals surface area (Å²) in [5.41, 5.74) is 2.70. The third-order valence-corrected chi connectivity index (χ3v) is 6.39. The summed E-state index contributed by atoms with van der Waals surface area (Å²) >= 11 is 4.75. The van der Waals surface area contributed by atoms with E-state index in [9.17, 15) is 14.0 Å². The maximum absolute atomic E-state index is 13.3. The monoisotopic (exact) mass is 519 g/mol. The summed E-state index contributed by atoms with van der Waals surface area (Å²) < 4.78 is 24.9. The van der Waals surface area contributed by atoms with Gasteiger partial charge in [0.15, 0.2) is 0 Å². The Morgan fingerprint density at radius 1 is 1.12 bits per heavy atom. The van der Waals surface area contributed by atoms with Gasteiger partial charge in [0, 0.05) is 16.9 Å². The minimum Gasteiger partial charge on any atom is -0.492 e. The molecule has 1 amide bonds. The van der Waals surface area contributed by atoms with Gasteiger partial charge in [0.25, 0.3) is 0 Å². The van der Waals surface area contributed by atoms with Gasteiger partial charge in [-0.05, 0) is 71.6 Å². The fourth-order valence-electron chi connectivity index (χ4n) is 3.22. The average Bonchev–Trinajstić information content (AvgIpc) is 3.08. The van der Waals surface area contributed by atoms with Crippen LogP contribution in [-0.2, 0) is 9.53 Å². The molecule has 3 rings (SSSR count). The van der Waals surface area contributed by atoms with E-state index in [1.54, 1.807) is 12.1 Å². The highest BCUT2D eigenvalue weighted by Gasteiger charge is 2.25. The minimum atomic E-state index is -0.559. The first-order valence-electron chi connectivity index (χ1n) is 9.96. The van der Waals surface area contributed by atoms with Gasteiger partial charge in [-0.3, -0.25) is 4.79 Å². The Labute approximate surface area is 198 Å². The van der Waals surface area contributed by atoms with E-state index in [1.165, 1.54) is 30.6 Å². The standard InChI is InChI=1S/C24H23BrFNO4S/c1-14-6-11-19(18(25)13-14)31-12-4-5-20(28)27-23-22(24(29)30-3)21(15(2)32-23)16-7-9-17(26)10-8-16/h6-11,13H,4-5,12H2,1-3H3,(H,27,28). The average molecular weight is 520 g/mol. The second-order valence-corrected chi connectivity index (χ2v) is 9.25. The van der Waals surface area contributed by atoms with Gasteiger partial charge < -0.3 is 14.8 Å². The predicted octanol–water partition coefficient (Wildman–Crippen LogP) is 6.52. The van der Waals surface area contributed by atoms with Crippen molar-refractivity contribution in [1.29, 1.82) is 0 Å². The summed E-state index contributed by atoms with van der Waals surface area (Å²) in [6, 6.07) is 11.7. The third-order valence-electron chi connectivity index (χ3n) is 4.75. The number of aryl methyl sites for hydroxylation is 2. The maximum Gasteiger partial charge on any atom is 0.341 e. The van der Waals surface area contributed by atoms with Gasteiger partial charge in [0.05, 0.1) is 18.2 Å². The molecule has 0 unspecified atom stereocenters. The van der Waals surface area contributed by atoms with Crippen molar-refractivity contribution >= 4 is 44.1 Å². The first kappa shape index (κ1) is 23.9. The Kier molecular flexibility index (Phi) is 8.04. The van der Waals surface area contributed by atoms with E-state index in [2.05, 4.69) is 21.2 Å². The fraction of sp³-hybridized carbons (Fsp3) is 0.250. The first-order valence-corrected chi connectivity index (χ1v) is 11.6. The minimum absolute atomic E-state index is 0.228. The van der Waals surface area contributed by atoms with E-state index in [0.29, 0.717) is 29.2 Å². The van der Waals surface area contributed by atoms with Crippen LogP contribution in [0.4, 0.5) is 9.39 Å². The van der Waals surface area contributed by atoms with E-state index in [1.807, 2.05) is 32.0 Å². The van der Waals surface area contributed by atoms with Gasteiger partial charge in [0.1, 0.15) is 22.1 Å². The Morgan fingerprint density at radius 3 is 2.50 bits per heavy atom. The topological polar surface area (TPSA) is 64.6 Å². The van der Waals surface area contributed by atoms with E-state index in [4.69, 9.17) is 9.47 Å². The van der Waals surface area contributed by atoms with Crippen molar-refractivity contribution in [2.45, 2.75) is 26.7 Å². The molecule has 0 aliphatic carbocycles. The number of anilines is 1. The third kappa shape index (κ3) is 5.75. The molecule has 8 heteroatoms. The van der Waals surface area contributed by atoms with Gasteiger partial charge in [-0.25, -0.2) is 9.18 Å². The normalized spacial score (nSPS) is 10.7. The lowest BCUT2D eigenvalue weighted by atomic mass is 10.0. The lowest BCUT2D eigenvalue weighted by Gasteiger charge is -2.10. The molecule has 0 aliphatic heterocycles. The lowest BCUT2D eigenvalue weighted by molar-refractivity contribution is -0.116. The number of nitrogens with one attached hydrogen (secondary N) is 1. The maximum atomic E-state index is 13.3. The number of esters is 1. The van der Waals surface area contributed by atoms with Crippen molar-refractivity contribution in [2.24, 2.45) is 0 Å². The van der Waals surface area contributed by atoms with Crippen molar-refractivity contribution in [3.8, 4) is 16.9 Å². The van der Waals surface area contributed by atoms with Crippen LogP contribution in [0, 0.1) is 19.7 Å². The van der Waals surface area contributed by atoms with Crippen LogP contribution < -0.4 is 10.1 Å². The molecule has 0 fully saturated rings. The number of halogens is 2. The number of thiophene rings is 1. The van der Waals surface area contributed by atoms with Crippen LogP contribution in [0.3, 0.4) is 0 Å². The molecule has 32 heavy (non-hydrogen) atoms. The van der Waals surface area contributed by atoms with Gasteiger partial charge in [0.2, 0.25) is 5.91 Å².